The molecule has 0 bridgehead atoms. The average molecular weight is 246 g/mol. The zero-order valence-electron chi connectivity index (χ0n) is 11.8. The number of pyridine rings is 1. The molecule has 0 radical (unpaired) electrons. The van der Waals surface area contributed by atoms with Crippen molar-refractivity contribution >= 4 is 0 Å². The molecular weight excluding hydrogens is 220 g/mol. The van der Waals surface area contributed by atoms with Crippen molar-refractivity contribution in [3.8, 4) is 0 Å². The lowest BCUT2D eigenvalue weighted by Crippen LogP contribution is -2.30. The third kappa shape index (κ3) is 3.81. The number of nitrogens with one attached hydrogen (secondary N) is 1. The van der Waals surface area contributed by atoms with Gasteiger partial charge in [-0.2, -0.15) is 0 Å². The highest BCUT2D eigenvalue weighted by molar-refractivity contribution is 5.18. The van der Waals surface area contributed by atoms with Crippen molar-refractivity contribution in [3.05, 3.63) is 29.6 Å². The topological polar surface area (TPSA) is 24.9 Å². The molecule has 100 valence electrons. The van der Waals surface area contributed by atoms with Crippen LogP contribution in [0.2, 0.25) is 0 Å². The van der Waals surface area contributed by atoms with Gasteiger partial charge in [0.2, 0.25) is 0 Å². The number of hydrogen-bond donors (Lipinski definition) is 1. The summed E-state index contributed by atoms with van der Waals surface area (Å²) in [5.41, 5.74) is 2.55. The minimum atomic E-state index is 0.704. The van der Waals surface area contributed by atoms with Gasteiger partial charge in [0.25, 0.3) is 0 Å². The van der Waals surface area contributed by atoms with Gasteiger partial charge in [0.1, 0.15) is 0 Å². The molecule has 1 aliphatic rings. The maximum Gasteiger partial charge on any atom is 0.0372 e. The van der Waals surface area contributed by atoms with Crippen molar-refractivity contribution in [3.63, 3.8) is 0 Å². The third-order valence-corrected chi connectivity index (χ3v) is 4.01. The van der Waals surface area contributed by atoms with E-state index >= 15 is 0 Å². The fourth-order valence-electron chi connectivity index (χ4n) is 2.92. The molecule has 1 aromatic rings. The Morgan fingerprint density at radius 2 is 2.11 bits per heavy atom. The van der Waals surface area contributed by atoms with Gasteiger partial charge in [-0.15, -0.1) is 0 Å². The predicted molar refractivity (Wildman–Crippen MR) is 76.9 cm³/mol. The smallest absolute Gasteiger partial charge is 0.0372 e. The van der Waals surface area contributed by atoms with E-state index in [-0.39, 0.29) is 0 Å². The SMILES string of the molecule is CCCNC1CCCCC(c2ccc(C)nc2)C1. The van der Waals surface area contributed by atoms with E-state index in [9.17, 15) is 0 Å². The standard InChI is InChI=1S/C16H26N2/c1-3-10-17-16-7-5-4-6-14(11-16)15-9-8-13(2)18-12-15/h8-9,12,14,16-17H,3-7,10-11H2,1-2H3. The second-order valence-electron chi connectivity index (χ2n) is 5.60. The Morgan fingerprint density at radius 3 is 2.83 bits per heavy atom. The summed E-state index contributed by atoms with van der Waals surface area (Å²) in [4.78, 5) is 4.45. The molecule has 1 aliphatic carbocycles. The van der Waals surface area contributed by atoms with Gasteiger partial charge in [0.05, 0.1) is 0 Å². The molecule has 0 aliphatic heterocycles. The summed E-state index contributed by atoms with van der Waals surface area (Å²) < 4.78 is 0. The van der Waals surface area contributed by atoms with Crippen molar-refractivity contribution in [2.75, 3.05) is 6.54 Å². The van der Waals surface area contributed by atoms with E-state index in [1.54, 1.807) is 0 Å². The van der Waals surface area contributed by atoms with Crippen molar-refractivity contribution in [1.82, 2.24) is 10.3 Å². The van der Waals surface area contributed by atoms with E-state index < -0.39 is 0 Å². The van der Waals surface area contributed by atoms with Gasteiger partial charge in [-0.3, -0.25) is 4.98 Å². The van der Waals surface area contributed by atoms with Crippen LogP contribution in [0.25, 0.3) is 0 Å². The zero-order chi connectivity index (χ0) is 12.8. The second kappa shape index (κ2) is 6.89. The first kappa shape index (κ1) is 13.5. The Kier molecular flexibility index (Phi) is 5.18. The molecule has 1 N–H and O–H groups in total. The normalized spacial score (nSPS) is 24.8. The number of aryl methyl sites for hydroxylation is 1. The fraction of sp³-hybridized carbons (Fsp3) is 0.688. The average Bonchev–Trinajstić information content (AvgIpc) is 2.63. The first-order valence-corrected chi connectivity index (χ1v) is 7.45. The summed E-state index contributed by atoms with van der Waals surface area (Å²) in [5.74, 6) is 0.704. The first-order chi connectivity index (χ1) is 8.79. The minimum absolute atomic E-state index is 0.704. The van der Waals surface area contributed by atoms with Gasteiger partial charge in [-0.25, -0.2) is 0 Å². The Hall–Kier alpha value is -0.890. The first-order valence-electron chi connectivity index (χ1n) is 7.45. The summed E-state index contributed by atoms with van der Waals surface area (Å²) in [5, 5.41) is 3.70. The van der Waals surface area contributed by atoms with Crippen molar-refractivity contribution in [1.29, 1.82) is 0 Å². The van der Waals surface area contributed by atoms with E-state index in [1.807, 2.05) is 0 Å². The maximum absolute atomic E-state index is 4.45. The van der Waals surface area contributed by atoms with Crippen LogP contribution >= 0.6 is 0 Å². The summed E-state index contributed by atoms with van der Waals surface area (Å²) >= 11 is 0. The van der Waals surface area contributed by atoms with E-state index in [2.05, 4.69) is 42.5 Å². The lowest BCUT2D eigenvalue weighted by atomic mass is 9.91. The molecule has 0 spiro atoms. The Morgan fingerprint density at radius 1 is 1.28 bits per heavy atom. The predicted octanol–water partition coefficient (Wildman–Crippen LogP) is 3.81. The molecule has 0 amide bonds. The van der Waals surface area contributed by atoms with Gasteiger partial charge in [0.15, 0.2) is 0 Å². The Bertz CT molecular complexity index is 345. The monoisotopic (exact) mass is 246 g/mol. The van der Waals surface area contributed by atoms with E-state index in [1.165, 1.54) is 44.1 Å². The van der Waals surface area contributed by atoms with Crippen LogP contribution in [-0.2, 0) is 0 Å². The van der Waals surface area contributed by atoms with E-state index in [0.717, 1.165) is 12.2 Å². The van der Waals surface area contributed by atoms with Gasteiger partial charge in [-0.05, 0) is 56.7 Å². The molecule has 2 unspecified atom stereocenters. The summed E-state index contributed by atoms with van der Waals surface area (Å²) in [6, 6.07) is 5.13. The van der Waals surface area contributed by atoms with Crippen LogP contribution < -0.4 is 5.32 Å². The van der Waals surface area contributed by atoms with Gasteiger partial charge >= 0.3 is 0 Å². The maximum atomic E-state index is 4.45. The molecule has 1 heterocycles. The Balaban J connectivity index is 2.00. The van der Waals surface area contributed by atoms with E-state index in [4.69, 9.17) is 0 Å². The van der Waals surface area contributed by atoms with Crippen molar-refractivity contribution in [2.45, 2.75) is 64.3 Å². The molecule has 1 fully saturated rings. The zero-order valence-corrected chi connectivity index (χ0v) is 11.8. The summed E-state index contributed by atoms with van der Waals surface area (Å²) in [6.07, 6.45) is 10.0. The molecular formula is C16H26N2. The van der Waals surface area contributed by atoms with Gasteiger partial charge < -0.3 is 5.32 Å². The number of hydrogen-bond acceptors (Lipinski definition) is 2. The third-order valence-electron chi connectivity index (χ3n) is 4.01. The van der Waals surface area contributed by atoms with Gasteiger partial charge in [0, 0.05) is 17.9 Å². The molecule has 2 atom stereocenters. The van der Waals surface area contributed by atoms with Crippen LogP contribution in [0.4, 0.5) is 0 Å². The van der Waals surface area contributed by atoms with Crippen LogP contribution in [0, 0.1) is 6.92 Å². The van der Waals surface area contributed by atoms with Crippen LogP contribution in [-0.4, -0.2) is 17.6 Å². The van der Waals surface area contributed by atoms with Crippen molar-refractivity contribution in [2.24, 2.45) is 0 Å². The molecule has 2 rings (SSSR count). The van der Waals surface area contributed by atoms with Crippen LogP contribution in [0.15, 0.2) is 18.3 Å². The molecule has 2 heteroatoms. The molecule has 2 nitrogen and oxygen atoms in total. The molecule has 1 saturated carbocycles. The quantitative estimate of drug-likeness (QED) is 0.817. The van der Waals surface area contributed by atoms with E-state index in [0.29, 0.717) is 12.0 Å². The molecule has 18 heavy (non-hydrogen) atoms. The largest absolute Gasteiger partial charge is 0.314 e. The lowest BCUT2D eigenvalue weighted by molar-refractivity contribution is 0.439. The Labute approximate surface area is 111 Å². The highest BCUT2D eigenvalue weighted by Gasteiger charge is 2.21. The van der Waals surface area contributed by atoms with Crippen LogP contribution in [0.1, 0.15) is 62.6 Å². The lowest BCUT2D eigenvalue weighted by Gasteiger charge is -2.21. The second-order valence-corrected chi connectivity index (χ2v) is 5.60. The molecule has 1 aromatic heterocycles. The number of aromatic nitrogens is 1. The summed E-state index contributed by atoms with van der Waals surface area (Å²) in [7, 11) is 0. The van der Waals surface area contributed by atoms with Gasteiger partial charge in [-0.1, -0.05) is 25.8 Å². The summed E-state index contributed by atoms with van der Waals surface area (Å²) in [6.45, 7) is 5.46. The van der Waals surface area contributed by atoms with Crippen LogP contribution in [0.5, 0.6) is 0 Å². The fourth-order valence-corrected chi connectivity index (χ4v) is 2.92. The molecule has 0 aromatic carbocycles. The van der Waals surface area contributed by atoms with Crippen LogP contribution in [0.3, 0.4) is 0 Å². The number of nitrogens with zero attached hydrogens (tertiary/aromatic N) is 1. The van der Waals surface area contributed by atoms with Crippen molar-refractivity contribution < 1.29 is 0 Å². The minimum Gasteiger partial charge on any atom is -0.314 e. The number of rotatable bonds is 4. The highest BCUT2D eigenvalue weighted by Crippen LogP contribution is 2.31. The molecule has 0 saturated heterocycles. The highest BCUT2D eigenvalue weighted by atomic mass is 14.9.